The van der Waals surface area contributed by atoms with Crippen LogP contribution in [0.2, 0.25) is 0 Å². The molecule has 0 aliphatic rings. The molecule has 5 heteroatoms. The summed E-state index contributed by atoms with van der Waals surface area (Å²) in [6, 6.07) is 43.2. The van der Waals surface area contributed by atoms with Gasteiger partial charge in [-0.1, -0.05) is 115 Å². The highest BCUT2D eigenvalue weighted by Gasteiger charge is 2.16. The number of hydrogen-bond acceptors (Lipinski definition) is 3. The van der Waals surface area contributed by atoms with Crippen molar-refractivity contribution in [2.75, 3.05) is 0 Å². The van der Waals surface area contributed by atoms with Crippen LogP contribution in [0, 0.1) is 0 Å². The fourth-order valence-electron chi connectivity index (χ4n) is 7.12. The molecule has 9 rings (SSSR count). The first-order valence-electron chi connectivity index (χ1n) is 15.5. The SMILES string of the molecule is O=C(NCc1ccc2ccc3cccc4ccc1c2c34)c1cccc(C(=O)NCc2ccc3ccc4cccc5ccc2c3c45)n1. The Morgan fingerprint density at radius 1 is 0.413 bits per heavy atom. The van der Waals surface area contributed by atoms with Crippen molar-refractivity contribution in [3.63, 3.8) is 0 Å². The smallest absolute Gasteiger partial charge is 0.270 e. The van der Waals surface area contributed by atoms with Gasteiger partial charge in [-0.3, -0.25) is 9.59 Å². The van der Waals surface area contributed by atoms with Crippen LogP contribution in [0.15, 0.2) is 127 Å². The summed E-state index contributed by atoms with van der Waals surface area (Å²) in [4.78, 5) is 30.9. The second-order valence-electron chi connectivity index (χ2n) is 11.9. The molecule has 2 N–H and O–H groups in total. The summed E-state index contributed by atoms with van der Waals surface area (Å²) in [5.74, 6) is -0.653. The normalized spacial score (nSPS) is 11.8. The van der Waals surface area contributed by atoms with Crippen molar-refractivity contribution >= 4 is 76.4 Å². The van der Waals surface area contributed by atoms with E-state index in [4.69, 9.17) is 0 Å². The van der Waals surface area contributed by atoms with Crippen molar-refractivity contribution in [3.05, 3.63) is 150 Å². The molecule has 0 saturated heterocycles. The zero-order chi connectivity index (χ0) is 30.8. The maximum atomic E-state index is 13.2. The average Bonchev–Trinajstić information content (AvgIpc) is 3.11. The highest BCUT2D eigenvalue weighted by atomic mass is 16.2. The largest absolute Gasteiger partial charge is 0.347 e. The van der Waals surface area contributed by atoms with E-state index in [0.717, 1.165) is 21.9 Å². The van der Waals surface area contributed by atoms with Gasteiger partial charge in [0, 0.05) is 13.1 Å². The Hall–Kier alpha value is -6.07. The van der Waals surface area contributed by atoms with Crippen molar-refractivity contribution < 1.29 is 9.59 Å². The molecule has 0 aliphatic carbocycles. The molecule has 0 radical (unpaired) electrons. The molecule has 0 fully saturated rings. The minimum absolute atomic E-state index is 0.202. The summed E-state index contributed by atoms with van der Waals surface area (Å²) in [5, 5.41) is 20.4. The van der Waals surface area contributed by atoms with Gasteiger partial charge in [0.1, 0.15) is 11.4 Å². The fourth-order valence-corrected chi connectivity index (χ4v) is 7.12. The van der Waals surface area contributed by atoms with Gasteiger partial charge in [-0.15, -0.1) is 0 Å². The van der Waals surface area contributed by atoms with E-state index in [9.17, 15) is 9.59 Å². The molecule has 2 amide bonds. The van der Waals surface area contributed by atoms with Gasteiger partial charge >= 0.3 is 0 Å². The van der Waals surface area contributed by atoms with E-state index in [1.807, 2.05) is 0 Å². The van der Waals surface area contributed by atoms with Crippen LogP contribution < -0.4 is 10.6 Å². The van der Waals surface area contributed by atoms with E-state index in [-0.39, 0.29) is 23.2 Å². The van der Waals surface area contributed by atoms with Crippen LogP contribution in [0.5, 0.6) is 0 Å². The Morgan fingerprint density at radius 3 is 1.20 bits per heavy atom. The van der Waals surface area contributed by atoms with Crippen molar-refractivity contribution in [1.29, 1.82) is 0 Å². The molecule has 9 aromatic rings. The predicted molar refractivity (Wildman–Crippen MR) is 187 cm³/mol. The lowest BCUT2D eigenvalue weighted by atomic mass is 9.92. The Kier molecular flexibility index (Phi) is 5.87. The number of carbonyl (C=O) groups excluding carboxylic acids is 2. The lowest BCUT2D eigenvalue weighted by Crippen LogP contribution is -2.27. The number of amides is 2. The van der Waals surface area contributed by atoms with E-state index in [2.05, 4.69) is 125 Å². The third-order valence-corrected chi connectivity index (χ3v) is 9.33. The van der Waals surface area contributed by atoms with Crippen LogP contribution in [0.4, 0.5) is 0 Å². The Balaban J connectivity index is 0.940. The van der Waals surface area contributed by atoms with Crippen molar-refractivity contribution in [3.8, 4) is 0 Å². The minimum atomic E-state index is -0.327. The summed E-state index contributed by atoms with van der Waals surface area (Å²) in [6.45, 7) is 0.694. The van der Waals surface area contributed by atoms with Gasteiger partial charge in [0.05, 0.1) is 0 Å². The summed E-state index contributed by atoms with van der Waals surface area (Å²) >= 11 is 0. The molecule has 0 atom stereocenters. The van der Waals surface area contributed by atoms with Crippen molar-refractivity contribution in [2.24, 2.45) is 0 Å². The Labute approximate surface area is 264 Å². The quantitative estimate of drug-likeness (QED) is 0.189. The molecular formula is C41H27N3O2. The Bertz CT molecular complexity index is 2430. The van der Waals surface area contributed by atoms with Gasteiger partial charge in [-0.2, -0.15) is 0 Å². The number of carbonyl (C=O) groups is 2. The molecule has 5 nitrogen and oxygen atoms in total. The molecule has 0 aliphatic heterocycles. The van der Waals surface area contributed by atoms with Crippen LogP contribution in [-0.4, -0.2) is 16.8 Å². The predicted octanol–water partition coefficient (Wildman–Crippen LogP) is 8.74. The van der Waals surface area contributed by atoms with E-state index in [1.165, 1.54) is 53.9 Å². The molecule has 1 aromatic heterocycles. The van der Waals surface area contributed by atoms with Crippen LogP contribution in [0.25, 0.3) is 64.6 Å². The van der Waals surface area contributed by atoms with Crippen LogP contribution in [0.1, 0.15) is 32.1 Å². The highest BCUT2D eigenvalue weighted by molar-refractivity contribution is 6.24. The highest BCUT2D eigenvalue weighted by Crippen LogP contribution is 2.37. The van der Waals surface area contributed by atoms with Crippen LogP contribution in [-0.2, 0) is 13.1 Å². The standard InChI is InChI=1S/C41H27N3O2/c45-40(42-22-30-16-14-28-12-10-24-4-1-6-26-18-20-32(30)38(28)36(24)26)34-8-3-9-35(44-34)41(46)43-23-31-17-15-29-13-11-25-5-2-7-27-19-21-33(31)39(29)37(25)27/h1-21H,22-23H2,(H,42,45)(H,43,46). The number of rotatable bonds is 6. The van der Waals surface area contributed by atoms with E-state index in [0.29, 0.717) is 13.1 Å². The molecule has 0 unspecified atom stereocenters. The third-order valence-electron chi connectivity index (χ3n) is 9.33. The summed E-state index contributed by atoms with van der Waals surface area (Å²) in [5.41, 5.74) is 2.46. The lowest BCUT2D eigenvalue weighted by molar-refractivity contribution is 0.0941. The first-order valence-corrected chi connectivity index (χ1v) is 15.5. The molecule has 0 bridgehead atoms. The number of hydrogen-bond donors (Lipinski definition) is 2. The number of benzene rings is 8. The number of nitrogens with one attached hydrogen (secondary N) is 2. The first kappa shape index (κ1) is 26.3. The molecule has 0 spiro atoms. The molecule has 218 valence electrons. The Morgan fingerprint density at radius 2 is 0.761 bits per heavy atom. The molecule has 8 aromatic carbocycles. The van der Waals surface area contributed by atoms with E-state index < -0.39 is 0 Å². The summed E-state index contributed by atoms with van der Waals surface area (Å²) < 4.78 is 0. The van der Waals surface area contributed by atoms with Crippen LogP contribution in [0.3, 0.4) is 0 Å². The molecular weight excluding hydrogens is 566 g/mol. The van der Waals surface area contributed by atoms with Gasteiger partial charge in [-0.25, -0.2) is 4.98 Å². The van der Waals surface area contributed by atoms with Gasteiger partial charge in [0.25, 0.3) is 11.8 Å². The van der Waals surface area contributed by atoms with Crippen molar-refractivity contribution in [2.45, 2.75) is 13.1 Å². The lowest BCUT2D eigenvalue weighted by Gasteiger charge is -2.15. The molecule has 0 saturated carbocycles. The topological polar surface area (TPSA) is 71.1 Å². The fraction of sp³-hybridized carbons (Fsp3) is 0.0488. The molecule has 1 heterocycles. The van der Waals surface area contributed by atoms with Gasteiger partial charge in [0.15, 0.2) is 0 Å². The third kappa shape index (κ3) is 4.13. The van der Waals surface area contributed by atoms with E-state index >= 15 is 0 Å². The second-order valence-corrected chi connectivity index (χ2v) is 11.9. The van der Waals surface area contributed by atoms with Gasteiger partial charge in [0.2, 0.25) is 0 Å². The number of pyridine rings is 1. The van der Waals surface area contributed by atoms with Crippen molar-refractivity contribution in [1.82, 2.24) is 15.6 Å². The maximum absolute atomic E-state index is 13.2. The van der Waals surface area contributed by atoms with E-state index in [1.54, 1.807) is 18.2 Å². The second kappa shape index (κ2) is 10.2. The van der Waals surface area contributed by atoms with Crippen LogP contribution >= 0.6 is 0 Å². The zero-order valence-corrected chi connectivity index (χ0v) is 24.8. The summed E-state index contributed by atoms with van der Waals surface area (Å²) in [6.07, 6.45) is 0. The van der Waals surface area contributed by atoms with Gasteiger partial charge < -0.3 is 10.6 Å². The maximum Gasteiger partial charge on any atom is 0.270 e. The van der Waals surface area contributed by atoms with Gasteiger partial charge in [-0.05, 0) is 87.9 Å². The monoisotopic (exact) mass is 593 g/mol. The summed E-state index contributed by atoms with van der Waals surface area (Å²) in [7, 11) is 0. The minimum Gasteiger partial charge on any atom is -0.347 e. The average molecular weight is 594 g/mol. The first-order chi connectivity index (χ1) is 22.6. The zero-order valence-electron chi connectivity index (χ0n) is 24.8. The molecule has 46 heavy (non-hydrogen) atoms. The number of aromatic nitrogens is 1. The number of nitrogens with zero attached hydrogens (tertiary/aromatic N) is 1.